The maximum Gasteiger partial charge on any atom is 0.227 e. The van der Waals surface area contributed by atoms with Gasteiger partial charge in [-0.25, -0.2) is 0 Å². The molecule has 0 aliphatic carbocycles. The number of aryl methyl sites for hydroxylation is 1. The van der Waals surface area contributed by atoms with Crippen LogP contribution in [0, 0.1) is 6.92 Å². The van der Waals surface area contributed by atoms with Crippen LogP contribution in [-0.4, -0.2) is 17.5 Å². The molecule has 1 N–H and O–H groups in total. The lowest BCUT2D eigenvalue weighted by molar-refractivity contribution is -0.116. The number of anilines is 1. The predicted molar refractivity (Wildman–Crippen MR) is 74.2 cm³/mol. The minimum Gasteiger partial charge on any atom is -0.493 e. The van der Waals surface area contributed by atoms with E-state index in [9.17, 15) is 4.79 Å². The van der Waals surface area contributed by atoms with Crippen molar-refractivity contribution >= 4 is 11.6 Å². The molecule has 1 aromatic heterocycles. The highest BCUT2D eigenvalue weighted by Gasteiger charge is 2.03. The first-order valence-corrected chi connectivity index (χ1v) is 6.13. The van der Waals surface area contributed by atoms with Gasteiger partial charge in [0.25, 0.3) is 0 Å². The Morgan fingerprint density at radius 1 is 1.32 bits per heavy atom. The standard InChI is InChI=1S/C15H16N2O2/c1-12-4-2-6-14(10-12)19-9-7-15(18)17-13-5-3-8-16-11-13/h2-6,8,10-11H,7,9H2,1H3,(H,17,18). The Morgan fingerprint density at radius 2 is 2.21 bits per heavy atom. The van der Waals surface area contributed by atoms with E-state index in [1.165, 1.54) is 0 Å². The van der Waals surface area contributed by atoms with E-state index in [2.05, 4.69) is 10.3 Å². The average molecular weight is 256 g/mol. The first kappa shape index (κ1) is 13.1. The van der Waals surface area contributed by atoms with E-state index >= 15 is 0 Å². The molecule has 0 spiro atoms. The quantitative estimate of drug-likeness (QED) is 0.895. The first-order valence-electron chi connectivity index (χ1n) is 6.13. The third-order valence-corrected chi connectivity index (χ3v) is 2.53. The average Bonchev–Trinajstić information content (AvgIpc) is 2.40. The molecule has 19 heavy (non-hydrogen) atoms. The number of pyridine rings is 1. The smallest absolute Gasteiger partial charge is 0.227 e. The van der Waals surface area contributed by atoms with E-state index in [1.54, 1.807) is 24.5 Å². The van der Waals surface area contributed by atoms with Gasteiger partial charge in [0.15, 0.2) is 0 Å². The normalized spacial score (nSPS) is 9.95. The van der Waals surface area contributed by atoms with Gasteiger partial charge in [-0.15, -0.1) is 0 Å². The van der Waals surface area contributed by atoms with E-state index in [4.69, 9.17) is 4.74 Å². The molecule has 0 bridgehead atoms. The molecule has 0 saturated carbocycles. The lowest BCUT2D eigenvalue weighted by Gasteiger charge is -2.07. The maximum absolute atomic E-state index is 11.7. The Hall–Kier alpha value is -2.36. The van der Waals surface area contributed by atoms with Crippen LogP contribution in [0.3, 0.4) is 0 Å². The molecule has 4 nitrogen and oxygen atoms in total. The molecule has 0 saturated heterocycles. The monoisotopic (exact) mass is 256 g/mol. The van der Waals surface area contributed by atoms with E-state index in [0.717, 1.165) is 11.3 Å². The summed E-state index contributed by atoms with van der Waals surface area (Å²) < 4.78 is 5.52. The van der Waals surface area contributed by atoms with E-state index in [-0.39, 0.29) is 5.91 Å². The van der Waals surface area contributed by atoms with E-state index in [0.29, 0.717) is 18.7 Å². The second kappa shape index (κ2) is 6.54. The van der Waals surface area contributed by atoms with Gasteiger partial charge in [0.2, 0.25) is 5.91 Å². The molecular weight excluding hydrogens is 240 g/mol. The number of benzene rings is 1. The van der Waals surface area contributed by atoms with Crippen molar-refractivity contribution in [1.29, 1.82) is 0 Å². The SMILES string of the molecule is Cc1cccc(OCCC(=O)Nc2cccnc2)c1. The zero-order valence-electron chi connectivity index (χ0n) is 10.8. The highest BCUT2D eigenvalue weighted by Crippen LogP contribution is 2.12. The molecule has 0 aliphatic rings. The number of carbonyl (C=O) groups is 1. The van der Waals surface area contributed by atoms with Gasteiger partial charge in [-0.05, 0) is 36.8 Å². The zero-order valence-corrected chi connectivity index (χ0v) is 10.8. The molecule has 2 aromatic rings. The Morgan fingerprint density at radius 3 is 2.95 bits per heavy atom. The molecule has 0 unspecified atom stereocenters. The Labute approximate surface area is 112 Å². The fourth-order valence-corrected chi connectivity index (χ4v) is 1.63. The van der Waals surface area contributed by atoms with Gasteiger partial charge in [-0.2, -0.15) is 0 Å². The molecule has 0 fully saturated rings. The van der Waals surface area contributed by atoms with Crippen molar-refractivity contribution in [1.82, 2.24) is 4.98 Å². The summed E-state index contributed by atoms with van der Waals surface area (Å²) in [6, 6.07) is 11.3. The second-order valence-electron chi connectivity index (χ2n) is 4.20. The summed E-state index contributed by atoms with van der Waals surface area (Å²) in [4.78, 5) is 15.6. The first-order chi connectivity index (χ1) is 9.24. The van der Waals surface area contributed by atoms with Crippen molar-refractivity contribution in [2.75, 3.05) is 11.9 Å². The van der Waals surface area contributed by atoms with Gasteiger partial charge in [0.05, 0.1) is 24.9 Å². The maximum atomic E-state index is 11.7. The summed E-state index contributed by atoms with van der Waals surface area (Å²) in [6.45, 7) is 2.36. The number of hydrogen-bond donors (Lipinski definition) is 1. The van der Waals surface area contributed by atoms with Crippen molar-refractivity contribution in [3.05, 3.63) is 54.4 Å². The van der Waals surface area contributed by atoms with Crippen LogP contribution in [0.4, 0.5) is 5.69 Å². The highest BCUT2D eigenvalue weighted by molar-refractivity contribution is 5.90. The van der Waals surface area contributed by atoms with Gasteiger partial charge in [-0.1, -0.05) is 12.1 Å². The predicted octanol–water partition coefficient (Wildman–Crippen LogP) is 2.80. The van der Waals surface area contributed by atoms with Crippen LogP contribution in [0.5, 0.6) is 5.75 Å². The van der Waals surface area contributed by atoms with Crippen molar-refractivity contribution in [2.24, 2.45) is 0 Å². The summed E-state index contributed by atoms with van der Waals surface area (Å²) >= 11 is 0. The fourth-order valence-electron chi connectivity index (χ4n) is 1.63. The fraction of sp³-hybridized carbons (Fsp3) is 0.200. The third kappa shape index (κ3) is 4.43. The second-order valence-corrected chi connectivity index (χ2v) is 4.20. The molecule has 0 aliphatic heterocycles. The van der Waals surface area contributed by atoms with Crippen molar-refractivity contribution in [3.8, 4) is 5.75 Å². The third-order valence-electron chi connectivity index (χ3n) is 2.53. The largest absolute Gasteiger partial charge is 0.493 e. The molecule has 1 amide bonds. The Balaban J connectivity index is 1.75. The summed E-state index contributed by atoms with van der Waals surface area (Å²) in [5.41, 5.74) is 1.83. The van der Waals surface area contributed by atoms with Crippen LogP contribution >= 0.6 is 0 Å². The van der Waals surface area contributed by atoms with Gasteiger partial charge >= 0.3 is 0 Å². The molecule has 0 atom stereocenters. The van der Waals surface area contributed by atoms with Gasteiger partial charge < -0.3 is 10.1 Å². The minimum atomic E-state index is -0.0827. The van der Waals surface area contributed by atoms with Crippen LogP contribution in [0.2, 0.25) is 0 Å². The Kier molecular flexibility index (Phi) is 4.50. The highest BCUT2D eigenvalue weighted by atomic mass is 16.5. The number of ether oxygens (including phenoxy) is 1. The lowest BCUT2D eigenvalue weighted by Crippen LogP contribution is -2.15. The van der Waals surface area contributed by atoms with E-state index in [1.807, 2.05) is 31.2 Å². The van der Waals surface area contributed by atoms with Crippen LogP contribution in [-0.2, 0) is 4.79 Å². The molecule has 2 rings (SSSR count). The van der Waals surface area contributed by atoms with Crippen LogP contribution in [0.15, 0.2) is 48.8 Å². The van der Waals surface area contributed by atoms with Gasteiger partial charge in [0.1, 0.15) is 5.75 Å². The van der Waals surface area contributed by atoms with Crippen LogP contribution in [0.25, 0.3) is 0 Å². The van der Waals surface area contributed by atoms with Crippen molar-refractivity contribution < 1.29 is 9.53 Å². The zero-order chi connectivity index (χ0) is 13.5. The number of hydrogen-bond acceptors (Lipinski definition) is 3. The van der Waals surface area contributed by atoms with Gasteiger partial charge in [0, 0.05) is 6.20 Å². The molecule has 1 heterocycles. The molecule has 4 heteroatoms. The topological polar surface area (TPSA) is 51.2 Å². The molecule has 1 aromatic carbocycles. The Bertz CT molecular complexity index is 541. The summed E-state index contributed by atoms with van der Waals surface area (Å²) in [5, 5.41) is 2.76. The molecule has 0 radical (unpaired) electrons. The summed E-state index contributed by atoms with van der Waals surface area (Å²) in [5.74, 6) is 0.704. The van der Waals surface area contributed by atoms with Crippen LogP contribution < -0.4 is 10.1 Å². The van der Waals surface area contributed by atoms with Crippen LogP contribution in [0.1, 0.15) is 12.0 Å². The summed E-state index contributed by atoms with van der Waals surface area (Å²) in [6.07, 6.45) is 3.58. The van der Waals surface area contributed by atoms with Crippen molar-refractivity contribution in [3.63, 3.8) is 0 Å². The van der Waals surface area contributed by atoms with E-state index < -0.39 is 0 Å². The number of nitrogens with one attached hydrogen (secondary N) is 1. The number of amides is 1. The van der Waals surface area contributed by atoms with Gasteiger partial charge in [-0.3, -0.25) is 9.78 Å². The molecule has 98 valence electrons. The number of nitrogens with zero attached hydrogens (tertiary/aromatic N) is 1. The summed E-state index contributed by atoms with van der Waals surface area (Å²) in [7, 11) is 0. The number of rotatable bonds is 5. The molecular formula is C15H16N2O2. The minimum absolute atomic E-state index is 0.0827. The van der Waals surface area contributed by atoms with Crippen molar-refractivity contribution in [2.45, 2.75) is 13.3 Å². The number of aromatic nitrogens is 1. The lowest BCUT2D eigenvalue weighted by atomic mass is 10.2. The number of carbonyl (C=O) groups excluding carboxylic acids is 1.